The van der Waals surface area contributed by atoms with Gasteiger partial charge in [-0.2, -0.15) is 0 Å². The van der Waals surface area contributed by atoms with Crippen LogP contribution in [-0.2, 0) is 4.79 Å². The minimum absolute atomic E-state index is 0.0320. The fourth-order valence-corrected chi connectivity index (χ4v) is 1.76. The third-order valence-electron chi connectivity index (χ3n) is 2.55. The van der Waals surface area contributed by atoms with Crippen LogP contribution in [0.5, 0.6) is 0 Å². The van der Waals surface area contributed by atoms with Gasteiger partial charge in [-0.25, -0.2) is 0 Å². The predicted octanol–water partition coefficient (Wildman–Crippen LogP) is 0.780. The first-order valence-corrected chi connectivity index (χ1v) is 5.06. The highest BCUT2D eigenvalue weighted by molar-refractivity contribution is 6.22. The van der Waals surface area contributed by atoms with Crippen LogP contribution in [-0.4, -0.2) is 34.0 Å². The molecule has 0 N–H and O–H groups in total. The smallest absolute Gasteiger partial charge is 0.270 e. The van der Waals surface area contributed by atoms with Crippen molar-refractivity contribution < 1.29 is 19.3 Å². The number of benzene rings is 1. The van der Waals surface area contributed by atoms with Gasteiger partial charge in [0, 0.05) is 12.1 Å². The van der Waals surface area contributed by atoms with Crippen LogP contribution >= 0.6 is 0 Å². The quantitative estimate of drug-likeness (QED) is 0.447. The Labute approximate surface area is 101 Å². The lowest BCUT2D eigenvalue weighted by molar-refractivity contribution is -0.384. The third kappa shape index (κ3) is 1.75. The number of carbonyl (C=O) groups is 3. The molecule has 0 bridgehead atoms. The number of Topliss-reactive ketones (excluding diaryl/α,β-unsaturated/α-hetero) is 1. The van der Waals surface area contributed by atoms with Crippen molar-refractivity contribution in [3.8, 4) is 0 Å². The van der Waals surface area contributed by atoms with E-state index in [1.165, 1.54) is 13.0 Å². The summed E-state index contributed by atoms with van der Waals surface area (Å²) >= 11 is 0. The van der Waals surface area contributed by atoms with E-state index in [1.54, 1.807) is 0 Å². The fourth-order valence-electron chi connectivity index (χ4n) is 1.76. The van der Waals surface area contributed by atoms with E-state index in [4.69, 9.17) is 0 Å². The second-order valence-corrected chi connectivity index (χ2v) is 3.89. The Hall–Kier alpha value is -2.57. The fraction of sp³-hybridized carbons (Fsp3) is 0.182. The Morgan fingerprint density at radius 2 is 1.89 bits per heavy atom. The summed E-state index contributed by atoms with van der Waals surface area (Å²) in [5.74, 6) is -1.60. The minimum atomic E-state index is -0.672. The molecule has 18 heavy (non-hydrogen) atoms. The van der Waals surface area contributed by atoms with E-state index < -0.39 is 16.7 Å². The van der Waals surface area contributed by atoms with E-state index in [0.29, 0.717) is 0 Å². The van der Waals surface area contributed by atoms with Gasteiger partial charge in [0.05, 0.1) is 22.6 Å². The number of imide groups is 1. The summed E-state index contributed by atoms with van der Waals surface area (Å²) in [4.78, 5) is 45.3. The monoisotopic (exact) mass is 248 g/mol. The van der Waals surface area contributed by atoms with E-state index in [0.717, 1.165) is 17.0 Å². The Balaban J connectivity index is 2.45. The highest BCUT2D eigenvalue weighted by atomic mass is 16.6. The van der Waals surface area contributed by atoms with Gasteiger partial charge in [-0.3, -0.25) is 29.4 Å². The molecule has 1 aliphatic heterocycles. The molecule has 0 aromatic heterocycles. The van der Waals surface area contributed by atoms with Crippen molar-refractivity contribution in [1.29, 1.82) is 0 Å². The molecule has 1 aromatic rings. The highest BCUT2D eigenvalue weighted by Gasteiger charge is 2.37. The Morgan fingerprint density at radius 3 is 2.44 bits per heavy atom. The second-order valence-electron chi connectivity index (χ2n) is 3.89. The zero-order valence-corrected chi connectivity index (χ0v) is 9.37. The zero-order chi connectivity index (χ0) is 13.4. The molecule has 1 aromatic carbocycles. The van der Waals surface area contributed by atoms with Crippen LogP contribution in [0.25, 0.3) is 0 Å². The summed E-state index contributed by atoms with van der Waals surface area (Å²) in [6, 6.07) is 3.44. The van der Waals surface area contributed by atoms with Gasteiger partial charge in [-0.05, 0) is 13.0 Å². The summed E-state index contributed by atoms with van der Waals surface area (Å²) in [5.41, 5.74) is -0.207. The summed E-state index contributed by atoms with van der Waals surface area (Å²) in [5, 5.41) is 10.6. The largest absolute Gasteiger partial charge is 0.298 e. The van der Waals surface area contributed by atoms with Crippen LogP contribution in [0.3, 0.4) is 0 Å². The minimum Gasteiger partial charge on any atom is -0.298 e. The Morgan fingerprint density at radius 1 is 1.28 bits per heavy atom. The first-order chi connectivity index (χ1) is 8.41. The lowest BCUT2D eigenvalue weighted by atomic mass is 10.1. The topological polar surface area (TPSA) is 97.6 Å². The highest BCUT2D eigenvalue weighted by Crippen LogP contribution is 2.26. The van der Waals surface area contributed by atoms with Crippen LogP contribution in [0, 0.1) is 10.1 Å². The van der Waals surface area contributed by atoms with Crippen molar-refractivity contribution in [2.75, 3.05) is 6.54 Å². The molecule has 1 aliphatic rings. The van der Waals surface area contributed by atoms with E-state index in [-0.39, 0.29) is 29.1 Å². The van der Waals surface area contributed by atoms with Gasteiger partial charge < -0.3 is 0 Å². The van der Waals surface area contributed by atoms with Crippen LogP contribution < -0.4 is 0 Å². The lowest BCUT2D eigenvalue weighted by Gasteiger charge is -2.10. The molecule has 92 valence electrons. The van der Waals surface area contributed by atoms with E-state index in [1.807, 2.05) is 0 Å². The Kier molecular flexibility index (Phi) is 2.66. The molecule has 7 heteroatoms. The molecule has 0 saturated carbocycles. The molecule has 2 amide bonds. The molecule has 0 radical (unpaired) electrons. The first-order valence-electron chi connectivity index (χ1n) is 5.06. The first kappa shape index (κ1) is 11.9. The van der Waals surface area contributed by atoms with Crippen molar-refractivity contribution in [3.05, 3.63) is 39.4 Å². The number of nitrogens with zero attached hydrogens (tertiary/aromatic N) is 2. The van der Waals surface area contributed by atoms with Gasteiger partial charge in [-0.15, -0.1) is 0 Å². The second kappa shape index (κ2) is 4.02. The molecule has 1 heterocycles. The number of carbonyl (C=O) groups excluding carboxylic acids is 3. The molecular formula is C11H8N2O5. The average molecular weight is 248 g/mol. The molecule has 0 unspecified atom stereocenters. The van der Waals surface area contributed by atoms with E-state index >= 15 is 0 Å². The number of nitro benzene ring substituents is 1. The molecule has 7 nitrogen and oxygen atoms in total. The average Bonchev–Trinajstić information content (AvgIpc) is 2.53. The number of non-ortho nitro benzene ring substituents is 1. The number of amides is 2. The maximum atomic E-state index is 11.8. The standard InChI is InChI=1S/C11H8N2O5/c1-6(14)5-12-10(15)8-3-2-7(13(17)18)4-9(8)11(12)16/h2-4H,5H2,1H3. The summed E-state index contributed by atoms with van der Waals surface area (Å²) in [6.45, 7) is 0.937. The third-order valence-corrected chi connectivity index (χ3v) is 2.55. The Bertz CT molecular complexity index is 593. The number of hydrogen-bond donors (Lipinski definition) is 0. The van der Waals surface area contributed by atoms with Gasteiger partial charge in [0.15, 0.2) is 0 Å². The van der Waals surface area contributed by atoms with Gasteiger partial charge in [-0.1, -0.05) is 0 Å². The summed E-state index contributed by atoms with van der Waals surface area (Å²) in [6.07, 6.45) is 0. The molecule has 0 fully saturated rings. The maximum absolute atomic E-state index is 11.8. The SMILES string of the molecule is CC(=O)CN1C(=O)c2ccc([N+](=O)[O-])cc2C1=O. The number of nitro groups is 1. The van der Waals surface area contributed by atoms with Gasteiger partial charge >= 0.3 is 0 Å². The number of ketones is 1. The van der Waals surface area contributed by atoms with Crippen LogP contribution in [0.2, 0.25) is 0 Å². The lowest BCUT2D eigenvalue weighted by Crippen LogP contribution is -2.33. The van der Waals surface area contributed by atoms with Crippen molar-refractivity contribution in [2.45, 2.75) is 6.92 Å². The van der Waals surface area contributed by atoms with E-state index in [2.05, 4.69) is 0 Å². The van der Waals surface area contributed by atoms with Crippen LogP contribution in [0.15, 0.2) is 18.2 Å². The van der Waals surface area contributed by atoms with E-state index in [9.17, 15) is 24.5 Å². The maximum Gasteiger partial charge on any atom is 0.270 e. The number of fused-ring (bicyclic) bond motifs is 1. The van der Waals surface area contributed by atoms with Gasteiger partial charge in [0.1, 0.15) is 5.78 Å². The van der Waals surface area contributed by atoms with Crippen molar-refractivity contribution >= 4 is 23.3 Å². The molecular weight excluding hydrogens is 240 g/mol. The number of rotatable bonds is 3. The van der Waals surface area contributed by atoms with Crippen molar-refractivity contribution in [3.63, 3.8) is 0 Å². The van der Waals surface area contributed by atoms with Crippen LogP contribution in [0.1, 0.15) is 27.6 Å². The van der Waals surface area contributed by atoms with Gasteiger partial charge in [0.2, 0.25) is 0 Å². The number of hydrogen-bond acceptors (Lipinski definition) is 5. The summed E-state index contributed by atoms with van der Waals surface area (Å²) < 4.78 is 0. The molecule has 0 atom stereocenters. The molecule has 0 aliphatic carbocycles. The normalized spacial score (nSPS) is 13.7. The van der Waals surface area contributed by atoms with Gasteiger partial charge in [0.25, 0.3) is 17.5 Å². The molecule has 0 saturated heterocycles. The molecule has 2 rings (SSSR count). The van der Waals surface area contributed by atoms with Crippen LogP contribution in [0.4, 0.5) is 5.69 Å². The molecule has 0 spiro atoms. The van der Waals surface area contributed by atoms with Crippen molar-refractivity contribution in [1.82, 2.24) is 4.90 Å². The van der Waals surface area contributed by atoms with Crippen molar-refractivity contribution in [2.24, 2.45) is 0 Å². The summed E-state index contributed by atoms with van der Waals surface area (Å²) in [7, 11) is 0. The predicted molar refractivity (Wildman–Crippen MR) is 59.1 cm³/mol. The zero-order valence-electron chi connectivity index (χ0n) is 9.37.